The van der Waals surface area contributed by atoms with Crippen LogP contribution in [0.5, 0.6) is 0 Å². The number of hydrogen-bond donors (Lipinski definition) is 3. The van der Waals surface area contributed by atoms with E-state index in [0.717, 1.165) is 18.1 Å². The summed E-state index contributed by atoms with van der Waals surface area (Å²) in [4.78, 5) is 20.3. The Bertz CT molecular complexity index is 652. The van der Waals surface area contributed by atoms with Gasteiger partial charge in [-0.05, 0) is 32.1 Å². The molecule has 1 amide bonds. The smallest absolute Gasteiger partial charge is 0.244 e. The molecule has 122 valence electrons. The van der Waals surface area contributed by atoms with E-state index in [1.165, 1.54) is 6.08 Å². The van der Waals surface area contributed by atoms with Crippen molar-refractivity contribution in [3.05, 3.63) is 42.0 Å². The van der Waals surface area contributed by atoms with Gasteiger partial charge in [0.25, 0.3) is 0 Å². The van der Waals surface area contributed by atoms with Crippen LogP contribution in [0.3, 0.4) is 0 Å². The Morgan fingerprint density at radius 2 is 2.17 bits per heavy atom. The van der Waals surface area contributed by atoms with Gasteiger partial charge >= 0.3 is 0 Å². The summed E-state index contributed by atoms with van der Waals surface area (Å²) in [6.45, 7) is 5.73. The first-order chi connectivity index (χ1) is 11.2. The third-order valence-electron chi connectivity index (χ3n) is 2.86. The Morgan fingerprint density at radius 3 is 2.91 bits per heavy atom. The molecular formula is C16H21N5O2. The molecule has 0 aliphatic rings. The lowest BCUT2D eigenvalue weighted by Crippen LogP contribution is -2.27. The number of aryl methyl sites for hydroxylation is 1. The standard InChI is InChI=1S/C16H21N5O2/c1-3-17-16-20-12(2)11-14(21-16)18-8-9-19-15(22)7-6-13-5-4-10-23-13/h4-7,10-11H,3,8-9H2,1-2H3,(H,19,22)(H2,17,18,20,21)/b7-6+. The van der Waals surface area contributed by atoms with Gasteiger partial charge < -0.3 is 20.4 Å². The Morgan fingerprint density at radius 1 is 1.30 bits per heavy atom. The highest BCUT2D eigenvalue weighted by atomic mass is 16.3. The molecule has 0 aliphatic carbocycles. The summed E-state index contributed by atoms with van der Waals surface area (Å²) in [5.41, 5.74) is 0.879. The molecule has 3 N–H and O–H groups in total. The van der Waals surface area contributed by atoms with Gasteiger partial charge in [0.05, 0.1) is 6.26 Å². The summed E-state index contributed by atoms with van der Waals surface area (Å²) in [6.07, 6.45) is 4.63. The lowest BCUT2D eigenvalue weighted by atomic mass is 10.4. The van der Waals surface area contributed by atoms with Gasteiger partial charge in [0.1, 0.15) is 11.6 Å². The van der Waals surface area contributed by atoms with Crippen LogP contribution < -0.4 is 16.0 Å². The molecule has 23 heavy (non-hydrogen) atoms. The molecule has 2 aromatic heterocycles. The molecular weight excluding hydrogens is 294 g/mol. The number of aromatic nitrogens is 2. The SMILES string of the molecule is CCNc1nc(C)cc(NCCNC(=O)/C=C/c2ccco2)n1. The molecule has 0 bridgehead atoms. The average molecular weight is 315 g/mol. The minimum atomic E-state index is -0.171. The minimum Gasteiger partial charge on any atom is -0.465 e. The number of anilines is 2. The molecule has 2 rings (SSSR count). The normalized spacial score (nSPS) is 10.7. The second-order valence-electron chi connectivity index (χ2n) is 4.82. The van der Waals surface area contributed by atoms with Crippen LogP contribution in [0.15, 0.2) is 35.0 Å². The van der Waals surface area contributed by atoms with Gasteiger partial charge in [-0.1, -0.05) is 0 Å². The second-order valence-corrected chi connectivity index (χ2v) is 4.82. The van der Waals surface area contributed by atoms with Gasteiger partial charge in [-0.15, -0.1) is 0 Å². The first-order valence-electron chi connectivity index (χ1n) is 7.50. The zero-order valence-corrected chi connectivity index (χ0v) is 13.3. The predicted molar refractivity (Wildman–Crippen MR) is 90.2 cm³/mol. The van der Waals surface area contributed by atoms with Crippen molar-refractivity contribution >= 4 is 23.7 Å². The molecule has 0 unspecified atom stereocenters. The van der Waals surface area contributed by atoms with Crippen LogP contribution in [0.4, 0.5) is 11.8 Å². The zero-order valence-electron chi connectivity index (χ0n) is 13.3. The molecule has 7 nitrogen and oxygen atoms in total. The Hall–Kier alpha value is -2.83. The summed E-state index contributed by atoms with van der Waals surface area (Å²) < 4.78 is 5.11. The second kappa shape index (κ2) is 8.57. The fraction of sp³-hybridized carbons (Fsp3) is 0.312. The zero-order chi connectivity index (χ0) is 16.5. The summed E-state index contributed by atoms with van der Waals surface area (Å²) >= 11 is 0. The van der Waals surface area contributed by atoms with Gasteiger partial charge in [0.15, 0.2) is 0 Å². The quantitative estimate of drug-likeness (QED) is 0.510. The van der Waals surface area contributed by atoms with E-state index in [4.69, 9.17) is 4.42 Å². The van der Waals surface area contributed by atoms with Gasteiger partial charge in [0, 0.05) is 37.5 Å². The van der Waals surface area contributed by atoms with E-state index in [1.54, 1.807) is 24.5 Å². The number of furan rings is 1. The molecule has 2 heterocycles. The van der Waals surface area contributed by atoms with E-state index in [1.807, 2.05) is 19.9 Å². The van der Waals surface area contributed by atoms with Crippen LogP contribution >= 0.6 is 0 Å². The number of nitrogens with one attached hydrogen (secondary N) is 3. The lowest BCUT2D eigenvalue weighted by molar-refractivity contribution is -0.116. The van der Waals surface area contributed by atoms with E-state index >= 15 is 0 Å². The molecule has 0 aliphatic heterocycles. The summed E-state index contributed by atoms with van der Waals surface area (Å²) in [5.74, 6) is 1.80. The fourth-order valence-corrected chi connectivity index (χ4v) is 1.88. The van der Waals surface area contributed by atoms with Crippen LogP contribution in [0.1, 0.15) is 18.4 Å². The molecule has 2 aromatic rings. The molecule has 0 atom stereocenters. The van der Waals surface area contributed by atoms with Crippen LogP contribution in [-0.2, 0) is 4.79 Å². The molecule has 0 saturated heterocycles. The molecule has 0 radical (unpaired) electrons. The van der Waals surface area contributed by atoms with Crippen molar-refractivity contribution in [1.82, 2.24) is 15.3 Å². The molecule has 0 fully saturated rings. The third-order valence-corrected chi connectivity index (χ3v) is 2.86. The average Bonchev–Trinajstić information content (AvgIpc) is 3.03. The van der Waals surface area contributed by atoms with Crippen molar-refractivity contribution in [2.45, 2.75) is 13.8 Å². The molecule has 0 aromatic carbocycles. The lowest BCUT2D eigenvalue weighted by Gasteiger charge is -2.09. The van der Waals surface area contributed by atoms with Crippen molar-refractivity contribution in [3.63, 3.8) is 0 Å². The highest BCUT2D eigenvalue weighted by Crippen LogP contribution is 2.08. The number of nitrogens with zero attached hydrogens (tertiary/aromatic N) is 2. The van der Waals surface area contributed by atoms with E-state index in [0.29, 0.717) is 24.8 Å². The first-order valence-corrected chi connectivity index (χ1v) is 7.50. The predicted octanol–water partition coefficient (Wildman–Crippen LogP) is 2.05. The maximum atomic E-state index is 11.6. The van der Waals surface area contributed by atoms with Gasteiger partial charge in [-0.25, -0.2) is 4.98 Å². The number of hydrogen-bond acceptors (Lipinski definition) is 6. The van der Waals surface area contributed by atoms with Crippen molar-refractivity contribution in [1.29, 1.82) is 0 Å². The highest BCUT2D eigenvalue weighted by Gasteiger charge is 2.01. The Labute approximate surface area is 135 Å². The number of amides is 1. The highest BCUT2D eigenvalue weighted by molar-refractivity contribution is 5.91. The van der Waals surface area contributed by atoms with Crippen LogP contribution in [0.2, 0.25) is 0 Å². The molecule has 7 heteroatoms. The summed E-state index contributed by atoms with van der Waals surface area (Å²) in [7, 11) is 0. The minimum absolute atomic E-state index is 0.171. The van der Waals surface area contributed by atoms with Crippen LogP contribution in [0.25, 0.3) is 6.08 Å². The summed E-state index contributed by atoms with van der Waals surface area (Å²) in [6, 6.07) is 5.41. The van der Waals surface area contributed by atoms with Gasteiger partial charge in [0.2, 0.25) is 11.9 Å². The van der Waals surface area contributed by atoms with E-state index in [2.05, 4.69) is 25.9 Å². The fourth-order valence-electron chi connectivity index (χ4n) is 1.88. The molecule has 0 spiro atoms. The topological polar surface area (TPSA) is 92.1 Å². The largest absolute Gasteiger partial charge is 0.465 e. The first kappa shape index (κ1) is 16.5. The molecule has 0 saturated carbocycles. The Balaban J connectivity index is 1.73. The van der Waals surface area contributed by atoms with E-state index in [-0.39, 0.29) is 5.91 Å². The van der Waals surface area contributed by atoms with Crippen molar-refractivity contribution in [2.75, 3.05) is 30.3 Å². The monoisotopic (exact) mass is 315 g/mol. The summed E-state index contributed by atoms with van der Waals surface area (Å²) in [5, 5.41) is 9.02. The van der Waals surface area contributed by atoms with Gasteiger partial charge in [-0.3, -0.25) is 4.79 Å². The number of carbonyl (C=O) groups excluding carboxylic acids is 1. The number of rotatable bonds is 8. The number of carbonyl (C=O) groups is 1. The van der Waals surface area contributed by atoms with Crippen molar-refractivity contribution < 1.29 is 9.21 Å². The van der Waals surface area contributed by atoms with Crippen LogP contribution in [0, 0.1) is 6.92 Å². The van der Waals surface area contributed by atoms with Gasteiger partial charge in [-0.2, -0.15) is 4.98 Å². The van der Waals surface area contributed by atoms with Crippen molar-refractivity contribution in [2.24, 2.45) is 0 Å². The Kier molecular flexibility index (Phi) is 6.17. The van der Waals surface area contributed by atoms with Crippen LogP contribution in [-0.4, -0.2) is 35.5 Å². The van der Waals surface area contributed by atoms with E-state index in [9.17, 15) is 4.79 Å². The van der Waals surface area contributed by atoms with E-state index < -0.39 is 0 Å². The maximum Gasteiger partial charge on any atom is 0.244 e. The maximum absolute atomic E-state index is 11.6. The van der Waals surface area contributed by atoms with Crippen molar-refractivity contribution in [3.8, 4) is 0 Å². The third kappa shape index (κ3) is 5.82.